The summed E-state index contributed by atoms with van der Waals surface area (Å²) in [5.41, 5.74) is 1.22. The Balaban J connectivity index is 2.07. The Kier molecular flexibility index (Phi) is 2.19. The third kappa shape index (κ3) is 1.61. The zero-order valence-corrected chi connectivity index (χ0v) is 9.40. The third-order valence-corrected chi connectivity index (χ3v) is 4.10. The molecule has 0 radical (unpaired) electrons. The quantitative estimate of drug-likeness (QED) is 0.725. The number of anilines is 1. The summed E-state index contributed by atoms with van der Waals surface area (Å²) in [6.07, 6.45) is 0.0226. The van der Waals surface area contributed by atoms with Crippen LogP contribution < -0.4 is 5.32 Å². The van der Waals surface area contributed by atoms with Gasteiger partial charge in [0.25, 0.3) is 0 Å². The van der Waals surface area contributed by atoms with E-state index in [-0.39, 0.29) is 5.41 Å². The van der Waals surface area contributed by atoms with Crippen LogP contribution in [0.5, 0.6) is 0 Å². The molecule has 1 aromatic carbocycles. The Bertz CT molecular complexity index is 444. The van der Waals surface area contributed by atoms with Gasteiger partial charge in [-0.05, 0) is 36.6 Å². The smallest absolute Gasteiger partial charge is 0.384 e. The second-order valence-corrected chi connectivity index (χ2v) is 5.10. The lowest BCUT2D eigenvalue weighted by Crippen LogP contribution is -2.24. The van der Waals surface area contributed by atoms with Crippen LogP contribution in [0.1, 0.15) is 36.8 Å². The molecule has 1 heterocycles. The van der Waals surface area contributed by atoms with Crippen molar-refractivity contribution >= 4 is 5.69 Å². The lowest BCUT2D eigenvalue weighted by molar-refractivity contribution is -0.137. The van der Waals surface area contributed by atoms with Gasteiger partial charge in [0.2, 0.25) is 0 Å². The van der Waals surface area contributed by atoms with E-state index in [2.05, 4.69) is 5.32 Å². The van der Waals surface area contributed by atoms with E-state index in [1.54, 1.807) is 6.07 Å². The maximum atomic E-state index is 12.7. The summed E-state index contributed by atoms with van der Waals surface area (Å²) in [7, 11) is 0. The van der Waals surface area contributed by atoms with Crippen molar-refractivity contribution in [3.63, 3.8) is 0 Å². The topological polar surface area (TPSA) is 12.0 Å². The summed E-state index contributed by atoms with van der Waals surface area (Å²) in [6, 6.07) is 4.09. The first-order valence-electron chi connectivity index (χ1n) is 5.97. The average molecular weight is 241 g/mol. The number of halogens is 3. The minimum Gasteiger partial charge on any atom is -0.384 e. The molecule has 2 aliphatic rings. The van der Waals surface area contributed by atoms with Crippen molar-refractivity contribution < 1.29 is 13.2 Å². The number of benzene rings is 1. The molecule has 1 spiro atoms. The second kappa shape index (κ2) is 3.40. The predicted octanol–water partition coefficient (Wildman–Crippen LogP) is 3.94. The fraction of sp³-hybridized carbons (Fsp3) is 0.538. The summed E-state index contributed by atoms with van der Waals surface area (Å²) in [6.45, 7) is 0.795. The maximum Gasteiger partial charge on any atom is 0.416 e. The minimum absolute atomic E-state index is 0.0312. The highest BCUT2D eigenvalue weighted by atomic mass is 19.4. The highest BCUT2D eigenvalue weighted by Gasteiger charge is 2.42. The molecule has 1 fully saturated rings. The van der Waals surface area contributed by atoms with Crippen LogP contribution in [0.4, 0.5) is 18.9 Å². The molecule has 1 aliphatic heterocycles. The first kappa shape index (κ1) is 10.9. The fourth-order valence-electron chi connectivity index (χ4n) is 3.17. The number of hydrogen-bond acceptors (Lipinski definition) is 1. The zero-order valence-electron chi connectivity index (χ0n) is 9.40. The van der Waals surface area contributed by atoms with Gasteiger partial charge in [-0.3, -0.25) is 0 Å². The number of alkyl halides is 3. The molecule has 3 rings (SSSR count). The molecule has 92 valence electrons. The van der Waals surface area contributed by atoms with Crippen LogP contribution in [0.15, 0.2) is 18.2 Å². The molecule has 0 aromatic heterocycles. The highest BCUT2D eigenvalue weighted by molar-refractivity contribution is 5.62. The molecule has 1 N–H and O–H groups in total. The summed E-state index contributed by atoms with van der Waals surface area (Å²) < 4.78 is 38.1. The van der Waals surface area contributed by atoms with Crippen LogP contribution in [0.25, 0.3) is 0 Å². The first-order chi connectivity index (χ1) is 8.01. The molecule has 0 unspecified atom stereocenters. The zero-order chi connectivity index (χ0) is 12.1. The van der Waals surface area contributed by atoms with E-state index in [0.717, 1.165) is 43.5 Å². The highest BCUT2D eigenvalue weighted by Crippen LogP contribution is 2.49. The summed E-state index contributed by atoms with van der Waals surface area (Å²) >= 11 is 0. The van der Waals surface area contributed by atoms with Gasteiger partial charge in [0, 0.05) is 17.6 Å². The summed E-state index contributed by atoms with van der Waals surface area (Å²) in [4.78, 5) is 0. The Hall–Kier alpha value is -1.19. The number of rotatable bonds is 0. The molecule has 0 saturated heterocycles. The molecule has 0 amide bonds. The van der Waals surface area contributed by atoms with Crippen molar-refractivity contribution in [1.29, 1.82) is 0 Å². The van der Waals surface area contributed by atoms with E-state index in [1.165, 1.54) is 12.1 Å². The number of fused-ring (bicyclic) bond motifs is 2. The molecule has 4 heteroatoms. The van der Waals surface area contributed by atoms with E-state index >= 15 is 0 Å². The minimum atomic E-state index is -4.24. The Morgan fingerprint density at radius 2 is 1.82 bits per heavy atom. The van der Waals surface area contributed by atoms with Gasteiger partial charge in [-0.1, -0.05) is 12.8 Å². The number of hydrogen-bond donors (Lipinski definition) is 1. The van der Waals surface area contributed by atoms with Crippen molar-refractivity contribution in [1.82, 2.24) is 0 Å². The lowest BCUT2D eigenvalue weighted by atomic mass is 9.80. The van der Waals surface area contributed by atoms with Gasteiger partial charge < -0.3 is 5.32 Å². The van der Waals surface area contributed by atoms with Crippen molar-refractivity contribution in [2.24, 2.45) is 0 Å². The van der Waals surface area contributed by atoms with Gasteiger partial charge in [0.1, 0.15) is 0 Å². The van der Waals surface area contributed by atoms with Gasteiger partial charge in [0.15, 0.2) is 0 Å². The average Bonchev–Trinajstić information content (AvgIpc) is 2.87. The molecule has 1 aliphatic carbocycles. The normalized spacial score (nSPS) is 21.6. The Morgan fingerprint density at radius 3 is 2.47 bits per heavy atom. The van der Waals surface area contributed by atoms with Gasteiger partial charge in [-0.15, -0.1) is 0 Å². The van der Waals surface area contributed by atoms with Crippen molar-refractivity contribution in [3.05, 3.63) is 29.3 Å². The largest absolute Gasteiger partial charge is 0.416 e. The summed E-state index contributed by atoms with van der Waals surface area (Å²) in [5, 5.41) is 3.24. The SMILES string of the molecule is FC(F)(F)c1ccc2c(c1)C1(CCCC1)CN2. The third-order valence-electron chi connectivity index (χ3n) is 4.10. The van der Waals surface area contributed by atoms with Crippen LogP contribution in [-0.2, 0) is 11.6 Å². The van der Waals surface area contributed by atoms with Crippen LogP contribution in [0, 0.1) is 0 Å². The van der Waals surface area contributed by atoms with E-state index in [1.807, 2.05) is 0 Å². The molecule has 1 aromatic rings. The van der Waals surface area contributed by atoms with E-state index in [0.29, 0.717) is 0 Å². The van der Waals surface area contributed by atoms with Gasteiger partial charge >= 0.3 is 6.18 Å². The van der Waals surface area contributed by atoms with Crippen LogP contribution >= 0.6 is 0 Å². The first-order valence-corrected chi connectivity index (χ1v) is 5.97. The van der Waals surface area contributed by atoms with Gasteiger partial charge in [-0.2, -0.15) is 13.2 Å². The van der Waals surface area contributed by atoms with Crippen LogP contribution in [0.2, 0.25) is 0 Å². The second-order valence-electron chi connectivity index (χ2n) is 5.10. The van der Waals surface area contributed by atoms with Gasteiger partial charge in [-0.25, -0.2) is 0 Å². The van der Waals surface area contributed by atoms with Crippen molar-refractivity contribution in [2.45, 2.75) is 37.3 Å². The van der Waals surface area contributed by atoms with Gasteiger partial charge in [0.05, 0.1) is 5.56 Å². The Morgan fingerprint density at radius 1 is 1.12 bits per heavy atom. The van der Waals surface area contributed by atoms with Crippen molar-refractivity contribution in [2.75, 3.05) is 11.9 Å². The molecule has 1 nitrogen and oxygen atoms in total. The summed E-state index contributed by atoms with van der Waals surface area (Å²) in [5.74, 6) is 0. The Labute approximate surface area is 98.0 Å². The monoisotopic (exact) mass is 241 g/mol. The van der Waals surface area contributed by atoms with E-state index in [4.69, 9.17) is 0 Å². The van der Waals surface area contributed by atoms with E-state index < -0.39 is 11.7 Å². The molecule has 0 bridgehead atoms. The fourth-order valence-corrected chi connectivity index (χ4v) is 3.17. The van der Waals surface area contributed by atoms with Crippen LogP contribution in [0.3, 0.4) is 0 Å². The predicted molar refractivity (Wildman–Crippen MR) is 60.1 cm³/mol. The molecule has 1 saturated carbocycles. The molecular formula is C13H14F3N. The number of nitrogens with one attached hydrogen (secondary N) is 1. The molecular weight excluding hydrogens is 227 g/mol. The van der Waals surface area contributed by atoms with Crippen molar-refractivity contribution in [3.8, 4) is 0 Å². The van der Waals surface area contributed by atoms with E-state index in [9.17, 15) is 13.2 Å². The lowest BCUT2D eigenvalue weighted by Gasteiger charge is -2.23. The molecule has 0 atom stereocenters. The molecule has 17 heavy (non-hydrogen) atoms. The standard InChI is InChI=1S/C13H14F3N/c14-13(15,16)9-3-4-11-10(7-9)12(8-17-11)5-1-2-6-12/h3-4,7,17H,1-2,5-6,8H2. The van der Waals surface area contributed by atoms with Crippen LogP contribution in [-0.4, -0.2) is 6.54 Å². The maximum absolute atomic E-state index is 12.7.